The smallest absolute Gasteiger partial charge is 0.281 e. The summed E-state index contributed by atoms with van der Waals surface area (Å²) in [5.74, 6) is -0.668. The number of hydrogen-bond donors (Lipinski definition) is 1. The zero-order valence-corrected chi connectivity index (χ0v) is 9.90. The van der Waals surface area contributed by atoms with Gasteiger partial charge in [-0.05, 0) is 26.8 Å². The van der Waals surface area contributed by atoms with Crippen LogP contribution in [0.2, 0.25) is 0 Å². The Kier molecular flexibility index (Phi) is 3.77. The minimum absolute atomic E-state index is 0.130. The maximum absolute atomic E-state index is 13.4. The average molecular weight is 239 g/mol. The molecule has 1 aromatic rings. The van der Waals surface area contributed by atoms with Gasteiger partial charge in [0.2, 0.25) is 0 Å². The molecular weight excluding hydrogens is 225 g/mol. The highest BCUT2D eigenvalue weighted by Crippen LogP contribution is 2.19. The van der Waals surface area contributed by atoms with E-state index in [0.29, 0.717) is 0 Å². The summed E-state index contributed by atoms with van der Waals surface area (Å²) in [6.45, 7) is 5.63. The highest BCUT2D eigenvalue weighted by atomic mass is 19.1. The topological polar surface area (TPSA) is 67.5 Å². The van der Waals surface area contributed by atoms with Crippen molar-refractivity contribution in [2.24, 2.45) is 5.10 Å². The van der Waals surface area contributed by atoms with Crippen LogP contribution in [0.5, 0.6) is 0 Å². The zero-order valence-electron chi connectivity index (χ0n) is 9.90. The molecule has 0 bridgehead atoms. The Balaban J connectivity index is 3.01. The number of nitrogens with zero attached hydrogens (tertiary/aromatic N) is 2. The molecule has 0 amide bonds. The van der Waals surface area contributed by atoms with Crippen LogP contribution in [-0.4, -0.2) is 16.7 Å². The first-order valence-corrected chi connectivity index (χ1v) is 5.04. The van der Waals surface area contributed by atoms with Gasteiger partial charge in [0, 0.05) is 11.6 Å². The van der Waals surface area contributed by atoms with Crippen molar-refractivity contribution in [2.45, 2.75) is 26.3 Å². The molecule has 0 aliphatic carbocycles. The second kappa shape index (κ2) is 4.90. The van der Waals surface area contributed by atoms with Gasteiger partial charge >= 0.3 is 0 Å². The van der Waals surface area contributed by atoms with Crippen LogP contribution in [-0.2, 0) is 0 Å². The minimum Gasteiger partial charge on any atom is -0.305 e. The van der Waals surface area contributed by atoms with Crippen LogP contribution < -0.4 is 5.43 Å². The minimum atomic E-state index is -0.668. The molecule has 0 aliphatic rings. The van der Waals surface area contributed by atoms with E-state index in [-0.39, 0.29) is 16.8 Å². The summed E-state index contributed by atoms with van der Waals surface area (Å²) in [6, 6.07) is 3.69. The van der Waals surface area contributed by atoms with Crippen molar-refractivity contribution >= 4 is 11.9 Å². The van der Waals surface area contributed by atoms with E-state index in [0.717, 1.165) is 12.3 Å². The summed E-state index contributed by atoms with van der Waals surface area (Å²) in [7, 11) is 0. The molecule has 0 aromatic heterocycles. The number of nitrogens with one attached hydrogen (secondary N) is 1. The van der Waals surface area contributed by atoms with Crippen molar-refractivity contribution < 1.29 is 9.31 Å². The molecule has 92 valence electrons. The highest BCUT2D eigenvalue weighted by Gasteiger charge is 2.16. The van der Waals surface area contributed by atoms with Crippen LogP contribution in [0.1, 0.15) is 26.3 Å². The van der Waals surface area contributed by atoms with E-state index in [1.807, 2.05) is 20.8 Å². The molecule has 0 saturated heterocycles. The van der Waals surface area contributed by atoms with E-state index in [1.54, 1.807) is 0 Å². The monoisotopic (exact) mass is 239 g/mol. The zero-order chi connectivity index (χ0) is 13.1. The van der Waals surface area contributed by atoms with Gasteiger partial charge in [0.05, 0.1) is 11.1 Å². The molecule has 17 heavy (non-hydrogen) atoms. The number of nitro groups is 1. The van der Waals surface area contributed by atoms with Crippen LogP contribution in [0.3, 0.4) is 0 Å². The summed E-state index contributed by atoms with van der Waals surface area (Å²) in [5, 5.41) is 14.5. The Morgan fingerprint density at radius 3 is 2.65 bits per heavy atom. The van der Waals surface area contributed by atoms with Crippen LogP contribution in [0.25, 0.3) is 0 Å². The summed E-state index contributed by atoms with van der Waals surface area (Å²) in [4.78, 5) is 10.1. The second-order valence-electron chi connectivity index (χ2n) is 4.55. The molecule has 1 N–H and O–H groups in total. The molecule has 0 spiro atoms. The van der Waals surface area contributed by atoms with Gasteiger partial charge in [-0.2, -0.15) is 5.10 Å². The Morgan fingerprint density at radius 2 is 2.12 bits per heavy atom. The van der Waals surface area contributed by atoms with Gasteiger partial charge < -0.3 is 5.43 Å². The lowest BCUT2D eigenvalue weighted by Gasteiger charge is -2.16. The third kappa shape index (κ3) is 3.82. The first-order chi connectivity index (χ1) is 7.81. The van der Waals surface area contributed by atoms with Crippen molar-refractivity contribution in [1.29, 1.82) is 0 Å². The largest absolute Gasteiger partial charge is 0.305 e. The van der Waals surface area contributed by atoms with Gasteiger partial charge in [-0.1, -0.05) is 6.07 Å². The van der Waals surface area contributed by atoms with Gasteiger partial charge in [-0.3, -0.25) is 10.1 Å². The van der Waals surface area contributed by atoms with Crippen molar-refractivity contribution in [2.75, 3.05) is 0 Å². The molecule has 5 nitrogen and oxygen atoms in total. The fourth-order valence-corrected chi connectivity index (χ4v) is 1.10. The van der Waals surface area contributed by atoms with Gasteiger partial charge in [0.25, 0.3) is 5.69 Å². The van der Waals surface area contributed by atoms with Crippen molar-refractivity contribution in [1.82, 2.24) is 5.43 Å². The van der Waals surface area contributed by atoms with E-state index in [4.69, 9.17) is 0 Å². The second-order valence-corrected chi connectivity index (χ2v) is 4.55. The van der Waals surface area contributed by atoms with Crippen LogP contribution >= 0.6 is 0 Å². The van der Waals surface area contributed by atoms with Gasteiger partial charge in [0.1, 0.15) is 11.4 Å². The lowest BCUT2D eigenvalue weighted by Crippen LogP contribution is -2.31. The summed E-state index contributed by atoms with van der Waals surface area (Å²) < 4.78 is 13.4. The first kappa shape index (κ1) is 13.1. The molecule has 1 aromatic carbocycles. The number of hydrazone groups is 1. The number of halogens is 1. The Hall–Kier alpha value is -1.98. The molecule has 0 unspecified atom stereocenters. The Labute approximate surface area is 98.5 Å². The maximum Gasteiger partial charge on any atom is 0.281 e. The Morgan fingerprint density at radius 1 is 1.47 bits per heavy atom. The van der Waals surface area contributed by atoms with Crippen molar-refractivity contribution in [3.8, 4) is 0 Å². The molecule has 0 fully saturated rings. The molecule has 0 radical (unpaired) electrons. The SMILES string of the molecule is CC(C)(C)NN=Cc1c(F)cccc1[N+](=O)[O-]. The van der Waals surface area contributed by atoms with Crippen LogP contribution in [0.4, 0.5) is 10.1 Å². The predicted octanol–water partition coefficient (Wildman–Crippen LogP) is 2.46. The predicted molar refractivity (Wildman–Crippen MR) is 63.5 cm³/mol. The van der Waals surface area contributed by atoms with Gasteiger partial charge in [-0.15, -0.1) is 0 Å². The fourth-order valence-electron chi connectivity index (χ4n) is 1.10. The van der Waals surface area contributed by atoms with Crippen molar-refractivity contribution in [3.05, 3.63) is 39.7 Å². The summed E-state index contributed by atoms with van der Waals surface area (Å²) in [5.41, 5.74) is 2.03. The van der Waals surface area contributed by atoms with Gasteiger partial charge in [0.15, 0.2) is 0 Å². The average Bonchev–Trinajstić information content (AvgIpc) is 2.18. The molecule has 0 saturated carbocycles. The molecule has 1 rings (SSSR count). The van der Waals surface area contributed by atoms with Crippen LogP contribution in [0, 0.1) is 15.9 Å². The first-order valence-electron chi connectivity index (χ1n) is 5.04. The maximum atomic E-state index is 13.4. The van der Waals surface area contributed by atoms with E-state index < -0.39 is 10.7 Å². The normalized spacial score (nSPS) is 11.8. The van der Waals surface area contributed by atoms with E-state index in [1.165, 1.54) is 12.1 Å². The van der Waals surface area contributed by atoms with E-state index >= 15 is 0 Å². The highest BCUT2D eigenvalue weighted by molar-refractivity contribution is 5.85. The quantitative estimate of drug-likeness (QED) is 0.500. The molecule has 0 atom stereocenters. The number of nitro benzene ring substituents is 1. The number of rotatable bonds is 3. The summed E-state index contributed by atoms with van der Waals surface area (Å²) >= 11 is 0. The third-order valence-corrected chi connectivity index (χ3v) is 1.82. The molecular formula is C11H14FN3O2. The van der Waals surface area contributed by atoms with E-state index in [9.17, 15) is 14.5 Å². The number of benzene rings is 1. The van der Waals surface area contributed by atoms with E-state index in [2.05, 4.69) is 10.5 Å². The number of hydrogen-bond acceptors (Lipinski definition) is 4. The summed E-state index contributed by atoms with van der Waals surface area (Å²) in [6.07, 6.45) is 1.12. The lowest BCUT2D eigenvalue weighted by molar-refractivity contribution is -0.385. The van der Waals surface area contributed by atoms with Gasteiger partial charge in [-0.25, -0.2) is 4.39 Å². The Bertz CT molecular complexity index is 453. The lowest BCUT2D eigenvalue weighted by atomic mass is 10.1. The molecule has 0 heterocycles. The molecule has 6 heteroatoms. The fraction of sp³-hybridized carbons (Fsp3) is 0.364. The van der Waals surface area contributed by atoms with Crippen LogP contribution in [0.15, 0.2) is 23.3 Å². The standard InChI is InChI=1S/C11H14FN3O2/c1-11(2,3)14-13-7-8-9(12)5-4-6-10(8)15(16)17/h4-7,14H,1-3H3. The molecule has 0 aliphatic heterocycles. The third-order valence-electron chi connectivity index (χ3n) is 1.82. The van der Waals surface area contributed by atoms with Crippen molar-refractivity contribution in [3.63, 3.8) is 0 Å².